The molecule has 0 aromatic heterocycles. The number of likely N-dealkylation sites (tertiary alicyclic amines) is 1. The van der Waals surface area contributed by atoms with Crippen LogP contribution in [0.4, 0.5) is 5.69 Å². The zero-order valence-electron chi connectivity index (χ0n) is 17.7. The number of nitrogens with one attached hydrogen (secondary N) is 1. The molecule has 1 saturated heterocycles. The molecule has 1 amide bonds. The van der Waals surface area contributed by atoms with Gasteiger partial charge in [-0.3, -0.25) is 4.79 Å². The lowest BCUT2D eigenvalue weighted by Crippen LogP contribution is -2.43. The first-order chi connectivity index (χ1) is 15.1. The van der Waals surface area contributed by atoms with E-state index in [-0.39, 0.29) is 21.6 Å². The molecule has 1 unspecified atom stereocenters. The molecule has 9 nitrogen and oxygen atoms in total. The maximum atomic E-state index is 12.9. The van der Waals surface area contributed by atoms with E-state index in [1.165, 1.54) is 32.3 Å². The molecule has 0 spiro atoms. The van der Waals surface area contributed by atoms with Crippen LogP contribution in [0.3, 0.4) is 0 Å². The average Bonchev–Trinajstić information content (AvgIpc) is 3.05. The lowest BCUT2D eigenvalue weighted by Gasteiger charge is -2.33. The van der Waals surface area contributed by atoms with Crippen molar-refractivity contribution in [1.82, 2.24) is 9.21 Å². The SMILES string of the molecule is CN(C)S(=O)(=O)c1ccc(NC(=O)C2CCCN(C3=NS(=O)(=O)c4ccccc43)C2)cc1. The fourth-order valence-corrected chi connectivity index (χ4v) is 5.99. The molecule has 11 heteroatoms. The number of hydrogen-bond donors (Lipinski definition) is 1. The predicted molar refractivity (Wildman–Crippen MR) is 120 cm³/mol. The number of piperidine rings is 1. The van der Waals surface area contributed by atoms with Crippen LogP contribution in [0.15, 0.2) is 62.7 Å². The fraction of sp³-hybridized carbons (Fsp3) is 0.333. The van der Waals surface area contributed by atoms with Crippen molar-refractivity contribution in [2.24, 2.45) is 10.3 Å². The van der Waals surface area contributed by atoms with Gasteiger partial charge in [-0.15, -0.1) is 4.40 Å². The van der Waals surface area contributed by atoms with E-state index in [9.17, 15) is 21.6 Å². The van der Waals surface area contributed by atoms with E-state index in [0.29, 0.717) is 36.6 Å². The summed E-state index contributed by atoms with van der Waals surface area (Å²) in [6.45, 7) is 0.963. The second-order valence-corrected chi connectivity index (χ2v) is 11.7. The number of amides is 1. The molecule has 2 aliphatic rings. The Morgan fingerprint density at radius 1 is 1.12 bits per heavy atom. The van der Waals surface area contributed by atoms with E-state index in [0.717, 1.165) is 10.7 Å². The van der Waals surface area contributed by atoms with Gasteiger partial charge in [0.2, 0.25) is 15.9 Å². The molecule has 0 bridgehead atoms. The van der Waals surface area contributed by atoms with Crippen LogP contribution >= 0.6 is 0 Å². The third-order valence-corrected chi connectivity index (χ3v) is 8.76. The molecule has 2 heterocycles. The number of fused-ring (bicyclic) bond motifs is 1. The van der Waals surface area contributed by atoms with Crippen LogP contribution < -0.4 is 5.32 Å². The van der Waals surface area contributed by atoms with E-state index in [1.807, 2.05) is 4.90 Å². The van der Waals surface area contributed by atoms with Crippen LogP contribution in [-0.4, -0.2) is 65.0 Å². The van der Waals surface area contributed by atoms with Crippen LogP contribution in [0, 0.1) is 5.92 Å². The zero-order valence-corrected chi connectivity index (χ0v) is 19.4. The maximum absolute atomic E-state index is 12.9. The second-order valence-electron chi connectivity index (χ2n) is 7.97. The quantitative estimate of drug-likeness (QED) is 0.719. The lowest BCUT2D eigenvalue weighted by atomic mass is 9.96. The van der Waals surface area contributed by atoms with Gasteiger partial charge in [0.1, 0.15) is 4.90 Å². The van der Waals surface area contributed by atoms with Crippen molar-refractivity contribution >= 4 is 37.5 Å². The first kappa shape index (κ1) is 22.4. The summed E-state index contributed by atoms with van der Waals surface area (Å²) >= 11 is 0. The highest BCUT2D eigenvalue weighted by Crippen LogP contribution is 2.30. The smallest absolute Gasteiger partial charge is 0.285 e. The van der Waals surface area contributed by atoms with Crippen LogP contribution in [-0.2, 0) is 24.8 Å². The maximum Gasteiger partial charge on any atom is 0.285 e. The molecule has 4 rings (SSSR count). The molecular weight excluding hydrogens is 452 g/mol. The van der Waals surface area contributed by atoms with E-state index in [2.05, 4.69) is 9.71 Å². The summed E-state index contributed by atoms with van der Waals surface area (Å²) in [5.41, 5.74) is 1.06. The summed E-state index contributed by atoms with van der Waals surface area (Å²) in [5, 5.41) is 2.83. The summed E-state index contributed by atoms with van der Waals surface area (Å²) in [7, 11) is -4.35. The fourth-order valence-electron chi connectivity index (χ4n) is 3.87. The van der Waals surface area contributed by atoms with Crippen molar-refractivity contribution in [3.8, 4) is 0 Å². The predicted octanol–water partition coefficient (Wildman–Crippen LogP) is 1.74. The minimum Gasteiger partial charge on any atom is -0.355 e. The van der Waals surface area contributed by atoms with Crippen molar-refractivity contribution in [1.29, 1.82) is 0 Å². The molecule has 2 aromatic carbocycles. The Bertz CT molecular complexity index is 1290. The van der Waals surface area contributed by atoms with Crippen LogP contribution in [0.2, 0.25) is 0 Å². The summed E-state index contributed by atoms with van der Waals surface area (Å²) in [6, 6.07) is 12.7. The van der Waals surface area contributed by atoms with Crippen molar-refractivity contribution in [3.05, 3.63) is 54.1 Å². The second kappa shape index (κ2) is 8.30. The van der Waals surface area contributed by atoms with Gasteiger partial charge in [-0.2, -0.15) is 8.42 Å². The Hall–Kier alpha value is -2.76. The number of hydrogen-bond acceptors (Lipinski definition) is 6. The first-order valence-electron chi connectivity index (χ1n) is 10.1. The summed E-state index contributed by atoms with van der Waals surface area (Å²) in [5.74, 6) is -0.170. The minimum atomic E-state index is -3.72. The Kier molecular flexibility index (Phi) is 5.82. The zero-order chi connectivity index (χ0) is 23.1. The summed E-state index contributed by atoms with van der Waals surface area (Å²) in [6.07, 6.45) is 1.39. The van der Waals surface area contributed by atoms with Gasteiger partial charge in [0, 0.05) is 38.4 Å². The van der Waals surface area contributed by atoms with Crippen LogP contribution in [0.5, 0.6) is 0 Å². The Morgan fingerprint density at radius 2 is 1.81 bits per heavy atom. The molecule has 0 saturated carbocycles. The largest absolute Gasteiger partial charge is 0.355 e. The highest BCUT2D eigenvalue weighted by molar-refractivity contribution is 7.90. The van der Waals surface area contributed by atoms with Gasteiger partial charge in [-0.05, 0) is 49.2 Å². The molecule has 1 fully saturated rings. The van der Waals surface area contributed by atoms with Crippen molar-refractivity contribution < 1.29 is 21.6 Å². The topological polar surface area (TPSA) is 116 Å². The van der Waals surface area contributed by atoms with Crippen LogP contribution in [0.25, 0.3) is 0 Å². The number of anilines is 1. The molecule has 170 valence electrons. The molecule has 2 aromatic rings. The Morgan fingerprint density at radius 3 is 2.50 bits per heavy atom. The molecule has 32 heavy (non-hydrogen) atoms. The number of benzene rings is 2. The lowest BCUT2D eigenvalue weighted by molar-refractivity contribution is -0.121. The third-order valence-electron chi connectivity index (χ3n) is 5.60. The first-order valence-corrected chi connectivity index (χ1v) is 13.0. The van der Waals surface area contributed by atoms with E-state index >= 15 is 0 Å². The number of nitrogens with zero attached hydrogens (tertiary/aromatic N) is 3. The van der Waals surface area contributed by atoms with Gasteiger partial charge in [-0.1, -0.05) is 12.1 Å². The standard InChI is InChI=1S/C21H24N4O5S2/c1-24(2)32(29,30)17-11-9-16(10-12-17)22-21(26)15-6-5-13-25(14-15)20-18-7-3-4-8-19(18)31(27,28)23-20/h3-4,7-12,15H,5-6,13-14H2,1-2H3,(H,22,26). The van der Waals surface area contributed by atoms with Gasteiger partial charge >= 0.3 is 0 Å². The summed E-state index contributed by atoms with van der Waals surface area (Å²) in [4.78, 5) is 15.1. The van der Waals surface area contributed by atoms with Crippen molar-refractivity contribution in [3.63, 3.8) is 0 Å². The normalized spacial score (nSPS) is 20.0. The Balaban J connectivity index is 1.47. The highest BCUT2D eigenvalue weighted by Gasteiger charge is 2.35. The number of rotatable bonds is 4. The molecule has 1 N–H and O–H groups in total. The molecule has 0 aliphatic carbocycles. The third kappa shape index (κ3) is 4.15. The van der Waals surface area contributed by atoms with Crippen molar-refractivity contribution in [2.45, 2.75) is 22.6 Å². The Labute approximate surface area is 187 Å². The highest BCUT2D eigenvalue weighted by atomic mass is 32.2. The number of amidine groups is 1. The monoisotopic (exact) mass is 476 g/mol. The van der Waals surface area contributed by atoms with Crippen molar-refractivity contribution in [2.75, 3.05) is 32.5 Å². The minimum absolute atomic E-state index is 0.142. The molecule has 1 atom stereocenters. The molecule has 2 aliphatic heterocycles. The molecule has 0 radical (unpaired) electrons. The van der Waals surface area contributed by atoms with Gasteiger partial charge in [0.25, 0.3) is 10.0 Å². The number of carbonyl (C=O) groups excluding carboxylic acids is 1. The van der Waals surface area contributed by atoms with Crippen LogP contribution in [0.1, 0.15) is 18.4 Å². The van der Waals surface area contributed by atoms with E-state index in [4.69, 9.17) is 0 Å². The van der Waals surface area contributed by atoms with Gasteiger partial charge in [-0.25, -0.2) is 12.7 Å². The van der Waals surface area contributed by atoms with E-state index in [1.54, 1.807) is 30.3 Å². The number of carbonyl (C=O) groups is 1. The van der Waals surface area contributed by atoms with E-state index < -0.39 is 20.0 Å². The average molecular weight is 477 g/mol. The summed E-state index contributed by atoms with van der Waals surface area (Å²) < 4.78 is 54.2. The molecular formula is C21H24N4O5S2. The number of sulfonamides is 2. The van der Waals surface area contributed by atoms with Gasteiger partial charge in [0.15, 0.2) is 5.84 Å². The van der Waals surface area contributed by atoms with Gasteiger partial charge in [0.05, 0.1) is 10.8 Å². The van der Waals surface area contributed by atoms with Gasteiger partial charge < -0.3 is 10.2 Å².